The molecule has 113 heavy (non-hydrogen) atoms. The number of thiazole rings is 1. The zero-order chi connectivity index (χ0) is 80.1. The molecule has 4 aromatic carbocycles. The highest BCUT2D eigenvalue weighted by atomic mass is 32.1. The number of ether oxygens (including phenoxy) is 6. The summed E-state index contributed by atoms with van der Waals surface area (Å²) in [7, 11) is 0. The molecule has 32 heteroatoms. The van der Waals surface area contributed by atoms with Gasteiger partial charge in [0.25, 0.3) is 17.7 Å². The number of carboxylic acids is 3. The molecule has 7 aliphatic rings. The number of carbonyl (C=O) groups excluding carboxylic acids is 5. The van der Waals surface area contributed by atoms with Crippen LogP contribution in [-0.4, -0.2) is 230 Å². The third-order valence-electron chi connectivity index (χ3n) is 24.0. The van der Waals surface area contributed by atoms with Gasteiger partial charge in [-0.1, -0.05) is 80.1 Å². The van der Waals surface area contributed by atoms with Gasteiger partial charge in [0, 0.05) is 84.8 Å². The number of unbranched alkanes of at least 4 members (excludes halogenated alkanes) is 3. The van der Waals surface area contributed by atoms with Gasteiger partial charge in [0.15, 0.2) is 29.3 Å². The van der Waals surface area contributed by atoms with E-state index in [1.54, 1.807) is 48.7 Å². The maximum absolute atomic E-state index is 14.7. The van der Waals surface area contributed by atoms with Crippen molar-refractivity contribution in [3.8, 4) is 28.1 Å². The molecule has 3 aliphatic heterocycles. The van der Waals surface area contributed by atoms with Crippen LogP contribution >= 0.6 is 11.3 Å². The van der Waals surface area contributed by atoms with E-state index in [0.29, 0.717) is 102 Å². The van der Waals surface area contributed by atoms with E-state index in [1.807, 2.05) is 60.1 Å². The van der Waals surface area contributed by atoms with E-state index in [1.165, 1.54) is 28.4 Å². The van der Waals surface area contributed by atoms with E-state index in [0.717, 1.165) is 58.3 Å². The van der Waals surface area contributed by atoms with Crippen molar-refractivity contribution in [2.45, 2.75) is 191 Å². The highest BCUT2D eigenvalue weighted by Gasteiger charge is 2.85. The van der Waals surface area contributed by atoms with Crippen molar-refractivity contribution >= 4 is 85.1 Å². The molecule has 2 saturated heterocycles. The number of aromatic carboxylic acids is 1. The van der Waals surface area contributed by atoms with Gasteiger partial charge in [-0.05, 0) is 164 Å². The summed E-state index contributed by atoms with van der Waals surface area (Å²) in [5, 5.41) is 107. The fraction of sp³-hybridized carbons (Fsp3) is 0.494. The molecule has 31 nitrogen and oxygen atoms in total. The molecule has 7 aromatic rings. The predicted molar refractivity (Wildman–Crippen MR) is 403 cm³/mol. The van der Waals surface area contributed by atoms with E-state index in [-0.39, 0.29) is 108 Å². The number of aromatic nitrogens is 4. The second-order valence-electron chi connectivity index (χ2n) is 31.8. The lowest BCUT2D eigenvalue weighted by molar-refractivity contribution is -0.294. The monoisotopic (exact) mass is 1580 g/mol. The highest BCUT2D eigenvalue weighted by Crippen LogP contribution is 2.90. The lowest BCUT2D eigenvalue weighted by Crippen LogP contribution is -2.61. The molecular formula is C81H92N8O23S. The van der Waals surface area contributed by atoms with Crippen molar-refractivity contribution in [1.82, 2.24) is 34.9 Å². The molecule has 15 atom stereocenters. The maximum atomic E-state index is 14.7. The highest BCUT2D eigenvalue weighted by molar-refractivity contribution is 7.22. The van der Waals surface area contributed by atoms with Gasteiger partial charge in [-0.2, -0.15) is 5.10 Å². The fourth-order valence-electron chi connectivity index (χ4n) is 19.2. The number of aliphatic hydroxyl groups is 6. The summed E-state index contributed by atoms with van der Waals surface area (Å²) >= 11 is 1.37. The van der Waals surface area contributed by atoms with E-state index >= 15 is 0 Å². The molecule has 4 aliphatic carbocycles. The van der Waals surface area contributed by atoms with Crippen LogP contribution in [0.1, 0.15) is 135 Å². The Morgan fingerprint density at radius 1 is 0.699 bits per heavy atom. The van der Waals surface area contributed by atoms with Gasteiger partial charge in [-0.25, -0.2) is 29.1 Å². The number of para-hydroxylation sites is 1. The van der Waals surface area contributed by atoms with Crippen molar-refractivity contribution in [2.75, 3.05) is 44.7 Å². The van der Waals surface area contributed by atoms with E-state index < -0.39 is 97.6 Å². The Balaban J connectivity index is 0.662. The lowest BCUT2D eigenvalue weighted by atomic mass is 9.39. The molecule has 14 rings (SSSR count). The quantitative estimate of drug-likeness (QED) is 0.0147. The van der Waals surface area contributed by atoms with Crippen LogP contribution in [0.15, 0.2) is 109 Å². The second-order valence-corrected chi connectivity index (χ2v) is 32.8. The van der Waals surface area contributed by atoms with Crippen LogP contribution in [0.2, 0.25) is 0 Å². The van der Waals surface area contributed by atoms with Crippen LogP contribution in [0.3, 0.4) is 0 Å². The predicted octanol–water partition coefficient (Wildman–Crippen LogP) is 6.90. The summed E-state index contributed by atoms with van der Waals surface area (Å²) in [6, 6.07) is 27.0. The number of aryl methyl sites for hydroxylation is 1. The van der Waals surface area contributed by atoms with Gasteiger partial charge >= 0.3 is 24.0 Å². The number of fused-ring (bicyclic) bond motifs is 4. The Hall–Kier alpha value is -9.71. The first-order valence-corrected chi connectivity index (χ1v) is 38.9. The topological polar surface area (TPSA) is 448 Å². The first-order chi connectivity index (χ1) is 54.0. The Bertz CT molecular complexity index is 4830. The first kappa shape index (κ1) is 79.9. The summed E-state index contributed by atoms with van der Waals surface area (Å²) < 4.78 is 38.9. The molecule has 6 heterocycles. The molecule has 6 fully saturated rings. The number of benzene rings is 4. The van der Waals surface area contributed by atoms with Crippen LogP contribution in [0.4, 0.5) is 9.93 Å². The normalized spacial score (nSPS) is 28.7. The molecule has 11 N–H and O–H groups in total. The smallest absolute Gasteiger partial charge is 0.410 e. The minimum atomic E-state index is -2.02. The van der Waals surface area contributed by atoms with Gasteiger partial charge in [0.05, 0.1) is 40.9 Å². The molecule has 3 aromatic heterocycles. The summed E-state index contributed by atoms with van der Waals surface area (Å²) in [4.78, 5) is 114. The number of carbonyl (C=O) groups is 8. The molecule has 5 amide bonds. The number of rotatable bonds is 33. The van der Waals surface area contributed by atoms with Crippen molar-refractivity contribution in [3.05, 3.63) is 137 Å². The number of hydrogen-bond donors (Lipinski definition) is 11. The average Bonchev–Trinajstić information content (AvgIpc) is 1.45. The third kappa shape index (κ3) is 15.9. The van der Waals surface area contributed by atoms with E-state index in [9.17, 15) is 84.3 Å². The molecule has 0 radical (unpaired) electrons. The zero-order valence-corrected chi connectivity index (χ0v) is 63.4. The van der Waals surface area contributed by atoms with Crippen LogP contribution in [0.25, 0.3) is 43.4 Å². The van der Waals surface area contributed by atoms with Crippen molar-refractivity contribution in [2.24, 2.45) is 21.7 Å². The van der Waals surface area contributed by atoms with Gasteiger partial charge in [-0.3, -0.25) is 34.1 Å². The Morgan fingerprint density at radius 2 is 1.44 bits per heavy atom. The van der Waals surface area contributed by atoms with E-state index in [4.69, 9.17) is 38.5 Å². The first-order valence-electron chi connectivity index (χ1n) is 38.1. The number of anilines is 1. The number of imide groups is 1. The Morgan fingerprint density at radius 3 is 2.19 bits per heavy atom. The largest absolute Gasteiger partial charge is 0.479 e. The molecule has 3 bridgehead atoms. The van der Waals surface area contributed by atoms with Crippen LogP contribution in [0.5, 0.6) is 5.75 Å². The number of carboxylic acid groups (broad SMARTS) is 3. The summed E-state index contributed by atoms with van der Waals surface area (Å²) in [6.45, 7) is 6.87. The number of aliphatic hydroxyl groups excluding tert-OH is 6. The van der Waals surface area contributed by atoms with Gasteiger partial charge < -0.3 is 84.6 Å². The van der Waals surface area contributed by atoms with Gasteiger partial charge in [-0.15, -0.1) is 0 Å². The minimum absolute atomic E-state index is 0.0181. The summed E-state index contributed by atoms with van der Waals surface area (Å²) in [5.41, 5.74) is 3.29. The maximum Gasteiger partial charge on any atom is 0.410 e. The fourth-order valence-corrected chi connectivity index (χ4v) is 20.0. The number of pyridine rings is 1. The number of nitrogens with one attached hydrogen (secondary N) is 2. The number of aliphatic carboxylic acids is 2. The molecule has 1 spiro atoms. The van der Waals surface area contributed by atoms with E-state index in [2.05, 4.69) is 29.5 Å². The standard InChI is InChI=1S/C81H92N8O23S/c1-44-52(49-23-24-53(84-60(49)70(100)101)47-22-21-46-14-11-15-50(51(46)34-47)69(99)86-75-85-54-16-6-7-17-56(54)113-75)35-83-89(44)43-79-40-78(3)37-77(2)38-80(41-79,42-81(78,79)39-77)109-32-30-87(28-12-31-107-73-65(97)61(93)63(95)67(111-73)71(102)103)76(106)108-36-48-20-19-45(33-55(48)110-74-66(98)62(94)64(96)68(112-74)72(104)105)13-8-9-27-82-57(90)18-5-4-10-29-88-58(91)25-26-59(88)92/h6-7,11,14-17,19-26,33-35,61-68,73-74,93-98H,4-5,8-10,12-13,18,27-32,36-43H2,1-3H3,(H,82,90)(H,100,101)(H,102,103)(H,104,105)(H,85,86,99)/t61-,62-,63-,64-,65+,66+,67-,68-,73+,74+,77?,78?,79?,80?,81?/m0/s1. The van der Waals surface area contributed by atoms with Crippen molar-refractivity contribution in [3.63, 3.8) is 0 Å². The van der Waals surface area contributed by atoms with Gasteiger partial charge in [0.1, 0.15) is 49.0 Å². The van der Waals surface area contributed by atoms with Gasteiger partial charge in [0.2, 0.25) is 12.2 Å². The Kier molecular flexibility index (Phi) is 22.8. The lowest BCUT2D eigenvalue weighted by Gasteiger charge is -2.65. The van der Waals surface area contributed by atoms with Crippen LogP contribution in [-0.2, 0) is 67.2 Å². The number of amides is 5. The number of hydrogen-bond acceptors (Lipinski definition) is 24. The molecule has 600 valence electrons. The summed E-state index contributed by atoms with van der Waals surface area (Å²) in [6.07, 6.45) is -7.44. The second kappa shape index (κ2) is 32.3. The minimum Gasteiger partial charge on any atom is -0.479 e. The van der Waals surface area contributed by atoms with Crippen molar-refractivity contribution < 1.29 is 113 Å². The SMILES string of the molecule is Cc1c(-c2ccc(-c3ccc4cccc(C(=O)Nc5nc6ccccc6s5)c4c3)nc2C(=O)O)cnn1CC12CC3(OCCN(CCCO[C@@H]4O[C@H](C(=O)O)[C@@H](O)[C@H](O)[C@H]4O)C(=O)OCc4ccc(CCCCNC(=O)CCCCCN5C(=O)C=CC5=O)cc4O[C@@H]4O[C@H](C(=O)O)[C@@H](O)[C@H](O)[C@H]4O)CC4(C)CC(C)(C1)C2(C4)C3. The molecule has 5 unspecified atom stereocenters. The summed E-state index contributed by atoms with van der Waals surface area (Å²) in [5.74, 6) is -5.74. The number of nitrogens with zero attached hydrogens (tertiary/aromatic N) is 6. The molecular weight excluding hydrogens is 1480 g/mol. The van der Waals surface area contributed by atoms with Crippen molar-refractivity contribution in [1.29, 1.82) is 0 Å². The van der Waals surface area contributed by atoms with Crippen LogP contribution < -0.4 is 15.4 Å². The average molecular weight is 1580 g/mol. The third-order valence-corrected chi connectivity index (χ3v) is 24.9. The Labute approximate surface area is 652 Å². The molecule has 4 saturated carbocycles. The van der Waals surface area contributed by atoms with Crippen LogP contribution in [0, 0.1) is 28.6 Å². The zero-order valence-electron chi connectivity index (χ0n) is 62.6.